The average molecular weight is 384 g/mol. The number of benzene rings is 1. The van der Waals surface area contributed by atoms with Crippen LogP contribution in [-0.4, -0.2) is 15.1 Å². The quantitative estimate of drug-likeness (QED) is 0.612. The van der Waals surface area contributed by atoms with Crippen molar-refractivity contribution in [1.82, 2.24) is 9.97 Å². The van der Waals surface area contributed by atoms with Gasteiger partial charge in [0.05, 0.1) is 11.7 Å². The molecular formula is C24H37N3O. The largest absolute Gasteiger partial charge is 0.507 e. The summed E-state index contributed by atoms with van der Waals surface area (Å²) in [6, 6.07) is 4.13. The van der Waals surface area contributed by atoms with Crippen molar-refractivity contribution in [1.29, 1.82) is 0 Å². The molecule has 0 bridgehead atoms. The van der Waals surface area contributed by atoms with Crippen LogP contribution in [0.3, 0.4) is 0 Å². The Balaban J connectivity index is 2.01. The molecule has 1 aromatic heterocycles. The van der Waals surface area contributed by atoms with Gasteiger partial charge < -0.3 is 15.8 Å². The highest BCUT2D eigenvalue weighted by molar-refractivity contribution is 5.66. The Morgan fingerprint density at radius 3 is 2.04 bits per heavy atom. The monoisotopic (exact) mass is 383 g/mol. The summed E-state index contributed by atoms with van der Waals surface area (Å²) in [5, 5.41) is 10.9. The molecule has 4 heteroatoms. The van der Waals surface area contributed by atoms with E-state index < -0.39 is 0 Å². The van der Waals surface area contributed by atoms with Gasteiger partial charge in [-0.3, -0.25) is 0 Å². The van der Waals surface area contributed by atoms with Gasteiger partial charge in [-0.15, -0.1) is 0 Å². The van der Waals surface area contributed by atoms with E-state index in [2.05, 4.69) is 58.7 Å². The first-order valence-corrected chi connectivity index (χ1v) is 10.7. The normalized spacial score (nSPS) is 17.7. The molecule has 4 N–H and O–H groups in total. The van der Waals surface area contributed by atoms with Gasteiger partial charge in [0.2, 0.25) is 0 Å². The lowest BCUT2D eigenvalue weighted by molar-refractivity contribution is 0.302. The lowest BCUT2D eigenvalue weighted by Crippen LogP contribution is -2.24. The molecule has 4 nitrogen and oxygen atoms in total. The maximum atomic E-state index is 10.9. The molecule has 0 aliphatic heterocycles. The van der Waals surface area contributed by atoms with Crippen LogP contribution in [0, 0.1) is 5.92 Å². The first kappa shape index (κ1) is 20.9. The van der Waals surface area contributed by atoms with Crippen LogP contribution in [0.2, 0.25) is 0 Å². The smallest absolute Gasteiger partial charge is 0.124 e. The Bertz CT molecular complexity index is 782. The summed E-state index contributed by atoms with van der Waals surface area (Å²) >= 11 is 0. The second kappa shape index (κ2) is 7.55. The van der Waals surface area contributed by atoms with E-state index in [1.807, 2.05) is 6.20 Å². The molecule has 154 valence electrons. The molecule has 2 aromatic rings. The van der Waals surface area contributed by atoms with Gasteiger partial charge in [-0.05, 0) is 41.7 Å². The van der Waals surface area contributed by atoms with Crippen LogP contribution < -0.4 is 5.73 Å². The van der Waals surface area contributed by atoms with Crippen molar-refractivity contribution in [3.8, 4) is 17.0 Å². The molecule has 0 unspecified atom stereocenters. The third kappa shape index (κ3) is 4.27. The summed E-state index contributed by atoms with van der Waals surface area (Å²) in [6.45, 7) is 12.8. The molecule has 1 aromatic carbocycles. The van der Waals surface area contributed by atoms with Crippen LogP contribution >= 0.6 is 0 Å². The summed E-state index contributed by atoms with van der Waals surface area (Å²) in [5.41, 5.74) is 10.1. The molecule has 1 heterocycles. The Morgan fingerprint density at radius 2 is 1.54 bits per heavy atom. The van der Waals surface area contributed by atoms with Gasteiger partial charge in [0.25, 0.3) is 0 Å². The average Bonchev–Trinajstić information content (AvgIpc) is 3.10. The van der Waals surface area contributed by atoms with Crippen LogP contribution in [-0.2, 0) is 10.8 Å². The number of aromatic hydroxyl groups is 1. The number of nitrogens with zero attached hydrogens (tertiary/aromatic N) is 1. The van der Waals surface area contributed by atoms with Crippen molar-refractivity contribution in [2.24, 2.45) is 11.7 Å². The first-order valence-electron chi connectivity index (χ1n) is 10.7. The van der Waals surface area contributed by atoms with E-state index in [1.165, 1.54) is 32.1 Å². The molecule has 28 heavy (non-hydrogen) atoms. The molecule has 1 fully saturated rings. The van der Waals surface area contributed by atoms with Crippen LogP contribution in [0.4, 0.5) is 0 Å². The van der Waals surface area contributed by atoms with Crippen molar-refractivity contribution in [2.45, 2.75) is 90.5 Å². The summed E-state index contributed by atoms with van der Waals surface area (Å²) < 4.78 is 0. The minimum atomic E-state index is -0.155. The summed E-state index contributed by atoms with van der Waals surface area (Å²) in [4.78, 5) is 8.20. The van der Waals surface area contributed by atoms with Crippen LogP contribution in [0.25, 0.3) is 11.3 Å². The highest BCUT2D eigenvalue weighted by atomic mass is 16.3. The maximum absolute atomic E-state index is 10.9. The van der Waals surface area contributed by atoms with Gasteiger partial charge in [0.15, 0.2) is 0 Å². The van der Waals surface area contributed by atoms with Gasteiger partial charge in [-0.2, -0.15) is 0 Å². The number of H-pyrrole nitrogens is 1. The predicted molar refractivity (Wildman–Crippen MR) is 117 cm³/mol. The fraction of sp³-hybridized carbons (Fsp3) is 0.625. The van der Waals surface area contributed by atoms with Gasteiger partial charge in [0, 0.05) is 22.9 Å². The van der Waals surface area contributed by atoms with Gasteiger partial charge >= 0.3 is 0 Å². The maximum Gasteiger partial charge on any atom is 0.124 e. The van der Waals surface area contributed by atoms with E-state index >= 15 is 0 Å². The topological polar surface area (TPSA) is 74.9 Å². The van der Waals surface area contributed by atoms with Crippen LogP contribution in [0.1, 0.15) is 96.6 Å². The molecule has 0 spiro atoms. The molecule has 3 rings (SSSR count). The molecule has 1 aliphatic carbocycles. The van der Waals surface area contributed by atoms with E-state index in [0.29, 0.717) is 11.7 Å². The van der Waals surface area contributed by atoms with Crippen molar-refractivity contribution in [3.05, 3.63) is 35.3 Å². The second-order valence-corrected chi connectivity index (χ2v) is 10.5. The lowest BCUT2D eigenvalue weighted by atomic mass is 9.78. The number of nitrogens with one attached hydrogen (secondary N) is 1. The Morgan fingerprint density at radius 1 is 1.00 bits per heavy atom. The fourth-order valence-corrected chi connectivity index (χ4v) is 4.30. The number of aromatic amines is 1. The third-order valence-corrected chi connectivity index (χ3v) is 6.09. The molecule has 1 aliphatic rings. The predicted octanol–water partition coefficient (Wildman–Crippen LogP) is 5.96. The zero-order valence-electron chi connectivity index (χ0n) is 18.4. The number of rotatable bonds is 3. The van der Waals surface area contributed by atoms with Gasteiger partial charge in [-0.1, -0.05) is 60.8 Å². The highest BCUT2D eigenvalue weighted by Gasteiger charge is 2.28. The van der Waals surface area contributed by atoms with E-state index in [-0.39, 0.29) is 16.9 Å². The second-order valence-electron chi connectivity index (χ2n) is 10.5. The lowest BCUT2D eigenvalue weighted by Gasteiger charge is -2.28. The molecule has 1 saturated carbocycles. The Labute approximate surface area is 170 Å². The van der Waals surface area contributed by atoms with E-state index in [0.717, 1.165) is 28.2 Å². The van der Waals surface area contributed by atoms with E-state index in [1.54, 1.807) is 0 Å². The van der Waals surface area contributed by atoms with Crippen molar-refractivity contribution >= 4 is 0 Å². The molecule has 0 saturated heterocycles. The Hall–Kier alpha value is -1.81. The van der Waals surface area contributed by atoms with Crippen molar-refractivity contribution in [2.75, 3.05) is 0 Å². The number of hydrogen-bond donors (Lipinski definition) is 3. The zero-order chi connectivity index (χ0) is 20.7. The first-order chi connectivity index (χ1) is 13.0. The SMILES string of the molecule is CC(C)(C)c1cc(-c2c[nH]c([C@@H](N)C3CCCCC3)n2)cc(C(C)(C)C)c1O. The number of hydrogen-bond acceptors (Lipinski definition) is 3. The minimum absolute atomic E-state index is 0.0321. The number of aromatic nitrogens is 2. The third-order valence-electron chi connectivity index (χ3n) is 6.09. The number of phenolic OH excluding ortho intramolecular Hbond substituents is 1. The molecule has 1 atom stereocenters. The number of imidazole rings is 1. The summed E-state index contributed by atoms with van der Waals surface area (Å²) in [5.74, 6) is 1.80. The summed E-state index contributed by atoms with van der Waals surface area (Å²) in [6.07, 6.45) is 8.22. The minimum Gasteiger partial charge on any atom is -0.507 e. The molecule has 0 amide bonds. The standard InChI is InChI=1S/C24H37N3O/c1-23(2,3)17-12-16(13-18(21(17)28)24(4,5)6)19-14-26-22(27-19)20(25)15-10-8-7-9-11-15/h12-15,20,28H,7-11,25H2,1-6H3,(H,26,27)/t20-/m0/s1. The molecular weight excluding hydrogens is 346 g/mol. The fourth-order valence-electron chi connectivity index (χ4n) is 4.30. The summed E-state index contributed by atoms with van der Waals surface area (Å²) in [7, 11) is 0. The van der Waals surface area contributed by atoms with E-state index in [4.69, 9.17) is 10.7 Å². The van der Waals surface area contributed by atoms with Crippen LogP contribution in [0.15, 0.2) is 18.3 Å². The molecule has 0 radical (unpaired) electrons. The van der Waals surface area contributed by atoms with Crippen molar-refractivity contribution < 1.29 is 5.11 Å². The van der Waals surface area contributed by atoms with Crippen molar-refractivity contribution in [3.63, 3.8) is 0 Å². The number of nitrogens with two attached hydrogens (primary N) is 1. The Kier molecular flexibility index (Phi) is 5.64. The highest BCUT2D eigenvalue weighted by Crippen LogP contribution is 2.42. The number of phenols is 1. The van der Waals surface area contributed by atoms with E-state index in [9.17, 15) is 5.11 Å². The zero-order valence-corrected chi connectivity index (χ0v) is 18.4. The van der Waals surface area contributed by atoms with Gasteiger partial charge in [0.1, 0.15) is 11.6 Å². The van der Waals surface area contributed by atoms with Gasteiger partial charge in [-0.25, -0.2) is 4.98 Å². The van der Waals surface area contributed by atoms with Crippen LogP contribution in [0.5, 0.6) is 5.75 Å².